The second kappa shape index (κ2) is 5.27. The third-order valence-electron chi connectivity index (χ3n) is 2.50. The molecule has 2 rings (SSSR count). The summed E-state index contributed by atoms with van der Waals surface area (Å²) in [4.78, 5) is 4.32. The number of rotatable bonds is 3. The fourth-order valence-electron chi connectivity index (χ4n) is 1.58. The molecule has 0 aliphatic heterocycles. The highest BCUT2D eigenvalue weighted by Crippen LogP contribution is 2.23. The van der Waals surface area contributed by atoms with Gasteiger partial charge >= 0.3 is 0 Å². The van der Waals surface area contributed by atoms with E-state index in [9.17, 15) is 8.78 Å². The minimum Gasteiger partial charge on any atom is -0.389 e. The number of pyridine rings is 1. The van der Waals surface area contributed by atoms with Gasteiger partial charge in [-0.15, -0.1) is 0 Å². The largest absolute Gasteiger partial charge is 0.389 e. The van der Waals surface area contributed by atoms with Gasteiger partial charge in [-0.2, -0.15) is 0 Å². The molecule has 1 aromatic carbocycles. The van der Waals surface area contributed by atoms with Crippen LogP contribution in [0.1, 0.15) is 11.3 Å². The molecule has 0 amide bonds. The Labute approximate surface area is 114 Å². The predicted molar refractivity (Wildman–Crippen MR) is 74.5 cm³/mol. The van der Waals surface area contributed by atoms with Crippen molar-refractivity contribution in [3.8, 4) is 0 Å². The maximum atomic E-state index is 13.6. The molecule has 6 heteroatoms. The fourth-order valence-corrected chi connectivity index (χ4v) is 1.74. The van der Waals surface area contributed by atoms with Gasteiger partial charge in [0, 0.05) is 5.69 Å². The monoisotopic (exact) mass is 279 g/mol. The van der Waals surface area contributed by atoms with E-state index in [2.05, 4.69) is 10.3 Å². The Balaban J connectivity index is 2.45. The average molecular weight is 279 g/mol. The minimum atomic E-state index is -0.973. The molecule has 0 bridgehead atoms. The number of aromatic nitrogens is 1. The quantitative estimate of drug-likeness (QED) is 0.848. The molecule has 0 aliphatic carbocycles. The second-order valence-electron chi connectivity index (χ2n) is 3.94. The summed E-state index contributed by atoms with van der Waals surface area (Å²) < 4.78 is 26.7. The maximum absolute atomic E-state index is 13.6. The van der Waals surface area contributed by atoms with Crippen LogP contribution in [0, 0.1) is 18.6 Å². The molecule has 0 saturated heterocycles. The molecule has 3 nitrogen and oxygen atoms in total. The first-order chi connectivity index (χ1) is 8.99. The summed E-state index contributed by atoms with van der Waals surface area (Å²) in [6.45, 7) is 1.77. The number of halogens is 2. The van der Waals surface area contributed by atoms with Gasteiger partial charge < -0.3 is 11.1 Å². The van der Waals surface area contributed by atoms with E-state index in [1.54, 1.807) is 19.1 Å². The highest BCUT2D eigenvalue weighted by molar-refractivity contribution is 7.80. The molecule has 2 aromatic rings. The summed E-state index contributed by atoms with van der Waals surface area (Å²) in [7, 11) is 0. The molecule has 1 aromatic heterocycles. The lowest BCUT2D eigenvalue weighted by Crippen LogP contribution is -2.13. The van der Waals surface area contributed by atoms with Crippen LogP contribution in [0.4, 0.5) is 20.3 Å². The number of benzene rings is 1. The van der Waals surface area contributed by atoms with Gasteiger partial charge in [-0.3, -0.25) is 0 Å². The Kier molecular flexibility index (Phi) is 3.71. The number of anilines is 2. The first-order valence-corrected chi connectivity index (χ1v) is 5.88. The number of nitrogens with zero attached hydrogens (tertiary/aromatic N) is 1. The summed E-state index contributed by atoms with van der Waals surface area (Å²) in [5.74, 6) is -1.61. The van der Waals surface area contributed by atoms with E-state index >= 15 is 0 Å². The number of hydrogen-bond donors (Lipinski definition) is 2. The van der Waals surface area contributed by atoms with E-state index < -0.39 is 11.6 Å². The summed E-state index contributed by atoms with van der Waals surface area (Å²) in [6.07, 6.45) is 0. The summed E-state index contributed by atoms with van der Waals surface area (Å²) in [5.41, 5.74) is 6.74. The van der Waals surface area contributed by atoms with Crippen molar-refractivity contribution in [1.29, 1.82) is 0 Å². The lowest BCUT2D eigenvalue weighted by Gasteiger charge is -2.11. The zero-order chi connectivity index (χ0) is 14.0. The molecule has 1 heterocycles. The first-order valence-electron chi connectivity index (χ1n) is 5.47. The van der Waals surface area contributed by atoms with Crippen LogP contribution in [-0.4, -0.2) is 9.97 Å². The number of nitrogens with one attached hydrogen (secondary N) is 1. The van der Waals surface area contributed by atoms with Crippen LogP contribution in [-0.2, 0) is 0 Å². The molecular formula is C13H11F2N3S. The fraction of sp³-hybridized carbons (Fsp3) is 0.0769. The van der Waals surface area contributed by atoms with Crippen molar-refractivity contribution in [2.24, 2.45) is 5.73 Å². The average Bonchev–Trinajstić information content (AvgIpc) is 2.35. The number of aryl methyl sites for hydroxylation is 1. The second-order valence-corrected chi connectivity index (χ2v) is 4.38. The van der Waals surface area contributed by atoms with E-state index in [1.165, 1.54) is 12.1 Å². The molecule has 0 spiro atoms. The SMILES string of the molecule is Cc1ccc(C(N)=S)c(Nc2cccc(F)c2F)n1. The van der Waals surface area contributed by atoms with Crippen LogP contribution in [0.5, 0.6) is 0 Å². The van der Waals surface area contributed by atoms with Crippen molar-refractivity contribution in [2.45, 2.75) is 6.92 Å². The van der Waals surface area contributed by atoms with Crippen LogP contribution in [0.25, 0.3) is 0 Å². The standard InChI is InChI=1S/C13H11F2N3S/c1-7-5-6-8(12(16)19)13(17-7)18-10-4-2-3-9(14)11(10)15/h2-6H,1H3,(H2,16,19)(H,17,18). The highest BCUT2D eigenvalue weighted by atomic mass is 32.1. The molecule has 0 saturated carbocycles. The van der Waals surface area contributed by atoms with Crippen molar-refractivity contribution in [3.05, 3.63) is 53.2 Å². The Hall–Kier alpha value is -2.08. The van der Waals surface area contributed by atoms with Crippen molar-refractivity contribution in [1.82, 2.24) is 4.98 Å². The summed E-state index contributed by atoms with van der Waals surface area (Å²) in [6, 6.07) is 7.27. The Bertz CT molecular complexity index is 644. The minimum absolute atomic E-state index is 0.0180. The van der Waals surface area contributed by atoms with Gasteiger partial charge in [0.2, 0.25) is 0 Å². The van der Waals surface area contributed by atoms with Crippen LogP contribution >= 0.6 is 12.2 Å². The Morgan fingerprint density at radius 2 is 2.00 bits per heavy atom. The van der Waals surface area contributed by atoms with Crippen molar-refractivity contribution < 1.29 is 8.78 Å². The summed E-state index contributed by atoms with van der Waals surface area (Å²) in [5, 5.41) is 2.71. The van der Waals surface area contributed by atoms with E-state index in [0.717, 1.165) is 6.07 Å². The Morgan fingerprint density at radius 3 is 2.68 bits per heavy atom. The van der Waals surface area contributed by atoms with Crippen molar-refractivity contribution in [2.75, 3.05) is 5.32 Å². The lowest BCUT2D eigenvalue weighted by molar-refractivity contribution is 0.511. The zero-order valence-corrected chi connectivity index (χ0v) is 10.9. The van der Waals surface area contributed by atoms with Gasteiger partial charge in [0.15, 0.2) is 11.6 Å². The normalized spacial score (nSPS) is 10.3. The van der Waals surface area contributed by atoms with Crippen LogP contribution in [0.3, 0.4) is 0 Å². The van der Waals surface area contributed by atoms with Crippen LogP contribution in [0.2, 0.25) is 0 Å². The van der Waals surface area contributed by atoms with Gasteiger partial charge in [-0.25, -0.2) is 13.8 Å². The maximum Gasteiger partial charge on any atom is 0.182 e. The number of thiocarbonyl (C=S) groups is 1. The van der Waals surface area contributed by atoms with Crippen LogP contribution in [0.15, 0.2) is 30.3 Å². The summed E-state index contributed by atoms with van der Waals surface area (Å²) >= 11 is 4.90. The van der Waals surface area contributed by atoms with Crippen molar-refractivity contribution >= 4 is 28.7 Å². The van der Waals surface area contributed by atoms with Gasteiger partial charge in [0.25, 0.3) is 0 Å². The molecule has 19 heavy (non-hydrogen) atoms. The zero-order valence-electron chi connectivity index (χ0n) is 10.1. The van der Waals surface area contributed by atoms with Gasteiger partial charge in [0.05, 0.1) is 11.3 Å². The van der Waals surface area contributed by atoms with E-state index in [0.29, 0.717) is 17.1 Å². The lowest BCUT2D eigenvalue weighted by atomic mass is 10.2. The molecule has 98 valence electrons. The molecule has 0 fully saturated rings. The van der Waals surface area contributed by atoms with Crippen molar-refractivity contribution in [3.63, 3.8) is 0 Å². The highest BCUT2D eigenvalue weighted by Gasteiger charge is 2.12. The van der Waals surface area contributed by atoms with E-state index in [4.69, 9.17) is 18.0 Å². The molecule has 3 N–H and O–H groups in total. The van der Waals surface area contributed by atoms with Gasteiger partial charge in [0.1, 0.15) is 10.8 Å². The van der Waals surface area contributed by atoms with Crippen LogP contribution < -0.4 is 11.1 Å². The Morgan fingerprint density at radius 1 is 1.26 bits per heavy atom. The predicted octanol–water partition coefficient (Wildman–Crippen LogP) is 3.05. The molecule has 0 unspecified atom stereocenters. The molecule has 0 radical (unpaired) electrons. The third-order valence-corrected chi connectivity index (χ3v) is 2.72. The van der Waals surface area contributed by atoms with E-state index in [1.807, 2.05) is 0 Å². The molecule has 0 atom stereocenters. The van der Waals surface area contributed by atoms with E-state index in [-0.39, 0.29) is 10.7 Å². The number of nitrogens with two attached hydrogens (primary N) is 1. The first kappa shape index (κ1) is 13.4. The van der Waals surface area contributed by atoms with Gasteiger partial charge in [-0.1, -0.05) is 18.3 Å². The smallest absolute Gasteiger partial charge is 0.182 e. The van der Waals surface area contributed by atoms with Gasteiger partial charge in [-0.05, 0) is 31.2 Å². The third kappa shape index (κ3) is 2.85. The topological polar surface area (TPSA) is 50.9 Å². The molecule has 0 aliphatic rings. The number of hydrogen-bond acceptors (Lipinski definition) is 3. The molecular weight excluding hydrogens is 268 g/mol.